The van der Waals surface area contributed by atoms with Crippen LogP contribution < -0.4 is 16.4 Å². The number of anilines is 2. The number of nitrogens with one attached hydrogen (secondary N) is 2. The van der Waals surface area contributed by atoms with E-state index in [9.17, 15) is 4.79 Å². The van der Waals surface area contributed by atoms with Gasteiger partial charge in [-0.3, -0.25) is 9.78 Å². The summed E-state index contributed by atoms with van der Waals surface area (Å²) >= 11 is 1.23. The van der Waals surface area contributed by atoms with Crippen LogP contribution >= 0.6 is 11.3 Å². The summed E-state index contributed by atoms with van der Waals surface area (Å²) in [4.78, 5) is 20.8. The lowest BCUT2D eigenvalue weighted by Gasteiger charge is -2.07. The van der Waals surface area contributed by atoms with Gasteiger partial charge in [-0.15, -0.1) is 0 Å². The van der Waals surface area contributed by atoms with Crippen molar-refractivity contribution in [1.82, 2.24) is 15.3 Å². The molecule has 0 spiro atoms. The fourth-order valence-electron chi connectivity index (χ4n) is 1.80. The highest BCUT2D eigenvalue weighted by molar-refractivity contribution is 7.18. The fourth-order valence-corrected chi connectivity index (χ4v) is 2.55. The molecule has 0 saturated heterocycles. The Kier molecular flexibility index (Phi) is 4.52. The molecule has 2 rings (SSSR count). The number of aromatic nitrogens is 2. The third kappa shape index (κ3) is 3.05. The van der Waals surface area contributed by atoms with E-state index in [-0.39, 0.29) is 11.7 Å². The van der Waals surface area contributed by atoms with Crippen molar-refractivity contribution >= 4 is 28.2 Å². The molecule has 106 valence electrons. The van der Waals surface area contributed by atoms with E-state index in [1.54, 1.807) is 13.2 Å². The van der Waals surface area contributed by atoms with Gasteiger partial charge >= 0.3 is 0 Å². The molecule has 7 heteroatoms. The summed E-state index contributed by atoms with van der Waals surface area (Å²) in [6.07, 6.45) is 2.60. The van der Waals surface area contributed by atoms with Gasteiger partial charge in [-0.05, 0) is 18.1 Å². The Bertz CT molecular complexity index is 611. The summed E-state index contributed by atoms with van der Waals surface area (Å²) < 4.78 is 0. The lowest BCUT2D eigenvalue weighted by Crippen LogP contribution is -2.24. The number of hydrogen-bond acceptors (Lipinski definition) is 6. The Hall–Kier alpha value is -2.15. The van der Waals surface area contributed by atoms with Crippen LogP contribution in [0.15, 0.2) is 18.3 Å². The normalized spacial score (nSPS) is 10.3. The molecule has 6 nitrogen and oxygen atoms in total. The first kappa shape index (κ1) is 14.3. The molecule has 0 radical (unpaired) electrons. The minimum atomic E-state index is -0.228. The number of nitrogens with two attached hydrogens (primary N) is 1. The second kappa shape index (κ2) is 6.33. The van der Waals surface area contributed by atoms with Crippen LogP contribution in [-0.2, 0) is 13.0 Å². The molecule has 0 atom stereocenters. The van der Waals surface area contributed by atoms with E-state index < -0.39 is 0 Å². The van der Waals surface area contributed by atoms with Gasteiger partial charge in [0, 0.05) is 13.2 Å². The number of pyridine rings is 1. The Morgan fingerprint density at radius 2 is 2.30 bits per heavy atom. The van der Waals surface area contributed by atoms with Crippen LogP contribution in [0.3, 0.4) is 0 Å². The maximum Gasteiger partial charge on any atom is 0.265 e. The number of amides is 1. The SMILES string of the molecule is CCc1cccnc1CNC(=O)c1sc(NC)nc1N. The summed E-state index contributed by atoms with van der Waals surface area (Å²) in [6, 6.07) is 3.90. The standard InChI is InChI=1S/C13H17N5OS/c1-3-8-5-4-6-16-9(8)7-17-12(19)10-11(14)18-13(15-2)20-10/h4-6H,3,7,14H2,1-2H3,(H,15,18)(H,17,19). The maximum atomic E-state index is 12.1. The van der Waals surface area contributed by atoms with Crippen molar-refractivity contribution in [2.75, 3.05) is 18.1 Å². The van der Waals surface area contributed by atoms with Gasteiger partial charge in [0.25, 0.3) is 5.91 Å². The third-order valence-electron chi connectivity index (χ3n) is 2.86. The average Bonchev–Trinajstić information content (AvgIpc) is 2.86. The largest absolute Gasteiger partial charge is 0.382 e. The predicted octanol–water partition coefficient (Wildman–Crippen LogP) is 1.65. The number of aryl methyl sites for hydroxylation is 1. The van der Waals surface area contributed by atoms with E-state index in [2.05, 4.69) is 27.5 Å². The molecule has 2 heterocycles. The number of nitrogens with zero attached hydrogens (tertiary/aromatic N) is 2. The van der Waals surface area contributed by atoms with Gasteiger partial charge < -0.3 is 16.4 Å². The zero-order valence-electron chi connectivity index (χ0n) is 11.4. The number of carbonyl (C=O) groups is 1. The Morgan fingerprint density at radius 1 is 1.50 bits per heavy atom. The van der Waals surface area contributed by atoms with Crippen LogP contribution in [0.1, 0.15) is 27.9 Å². The lowest BCUT2D eigenvalue weighted by molar-refractivity contribution is 0.0955. The first-order chi connectivity index (χ1) is 9.65. The van der Waals surface area contributed by atoms with Crippen LogP contribution in [0.4, 0.5) is 10.9 Å². The molecule has 0 aliphatic heterocycles. The highest BCUT2D eigenvalue weighted by atomic mass is 32.1. The topological polar surface area (TPSA) is 92.9 Å². The molecule has 0 aliphatic rings. The van der Waals surface area contributed by atoms with Crippen molar-refractivity contribution in [2.45, 2.75) is 19.9 Å². The van der Waals surface area contributed by atoms with E-state index in [4.69, 9.17) is 5.73 Å². The molecular formula is C13H17N5OS. The van der Waals surface area contributed by atoms with Gasteiger partial charge in [0.15, 0.2) is 5.13 Å². The zero-order valence-corrected chi connectivity index (χ0v) is 12.3. The molecule has 1 amide bonds. The smallest absolute Gasteiger partial charge is 0.265 e. The van der Waals surface area contributed by atoms with E-state index >= 15 is 0 Å². The summed E-state index contributed by atoms with van der Waals surface area (Å²) in [6.45, 7) is 2.44. The third-order valence-corrected chi connectivity index (χ3v) is 3.94. The van der Waals surface area contributed by atoms with E-state index in [1.807, 2.05) is 12.1 Å². The molecule has 20 heavy (non-hydrogen) atoms. The van der Waals surface area contributed by atoms with Gasteiger partial charge in [-0.1, -0.05) is 24.3 Å². The Morgan fingerprint density at radius 3 is 2.95 bits per heavy atom. The van der Waals surface area contributed by atoms with Crippen molar-refractivity contribution in [3.8, 4) is 0 Å². The van der Waals surface area contributed by atoms with Gasteiger partial charge in [0.05, 0.1) is 12.2 Å². The Labute approximate surface area is 121 Å². The van der Waals surface area contributed by atoms with Crippen molar-refractivity contribution in [3.63, 3.8) is 0 Å². The number of thiazole rings is 1. The summed E-state index contributed by atoms with van der Waals surface area (Å²) in [7, 11) is 1.74. The van der Waals surface area contributed by atoms with Crippen LogP contribution in [0.2, 0.25) is 0 Å². The monoisotopic (exact) mass is 291 g/mol. The number of nitrogen functional groups attached to an aromatic ring is 1. The zero-order chi connectivity index (χ0) is 14.5. The number of hydrogen-bond donors (Lipinski definition) is 3. The minimum absolute atomic E-state index is 0.228. The minimum Gasteiger partial charge on any atom is -0.382 e. The van der Waals surface area contributed by atoms with Gasteiger partial charge in [0.1, 0.15) is 10.7 Å². The molecule has 2 aromatic rings. The van der Waals surface area contributed by atoms with Crippen LogP contribution in [0, 0.1) is 0 Å². The number of carbonyl (C=O) groups excluding carboxylic acids is 1. The molecule has 0 unspecified atom stereocenters. The summed E-state index contributed by atoms with van der Waals surface area (Å²) in [5.74, 6) is 0.0165. The predicted molar refractivity (Wildman–Crippen MR) is 80.9 cm³/mol. The number of rotatable bonds is 5. The summed E-state index contributed by atoms with van der Waals surface area (Å²) in [5.41, 5.74) is 7.73. The average molecular weight is 291 g/mol. The quantitative estimate of drug-likeness (QED) is 0.779. The highest BCUT2D eigenvalue weighted by Gasteiger charge is 2.15. The molecule has 0 aromatic carbocycles. The van der Waals surface area contributed by atoms with Crippen molar-refractivity contribution in [1.29, 1.82) is 0 Å². The van der Waals surface area contributed by atoms with Crippen molar-refractivity contribution < 1.29 is 4.79 Å². The van der Waals surface area contributed by atoms with Crippen molar-refractivity contribution in [3.05, 3.63) is 34.5 Å². The van der Waals surface area contributed by atoms with Crippen LogP contribution in [0.5, 0.6) is 0 Å². The highest BCUT2D eigenvalue weighted by Crippen LogP contribution is 2.24. The van der Waals surface area contributed by atoms with Gasteiger partial charge in [-0.25, -0.2) is 4.98 Å². The first-order valence-corrected chi connectivity index (χ1v) is 7.12. The maximum absolute atomic E-state index is 12.1. The van der Waals surface area contributed by atoms with Gasteiger partial charge in [0.2, 0.25) is 0 Å². The van der Waals surface area contributed by atoms with E-state index in [1.165, 1.54) is 11.3 Å². The second-order valence-electron chi connectivity index (χ2n) is 4.13. The molecular weight excluding hydrogens is 274 g/mol. The fraction of sp³-hybridized carbons (Fsp3) is 0.308. The molecule has 2 aromatic heterocycles. The Balaban J connectivity index is 2.06. The lowest BCUT2D eigenvalue weighted by atomic mass is 10.1. The van der Waals surface area contributed by atoms with Gasteiger partial charge in [-0.2, -0.15) is 0 Å². The summed E-state index contributed by atoms with van der Waals surface area (Å²) in [5, 5.41) is 6.32. The van der Waals surface area contributed by atoms with E-state index in [0.717, 1.165) is 17.7 Å². The first-order valence-electron chi connectivity index (χ1n) is 6.30. The molecule has 4 N–H and O–H groups in total. The van der Waals surface area contributed by atoms with Crippen molar-refractivity contribution in [2.24, 2.45) is 0 Å². The second-order valence-corrected chi connectivity index (χ2v) is 5.13. The van der Waals surface area contributed by atoms with Crippen LogP contribution in [-0.4, -0.2) is 22.9 Å². The molecule has 0 bridgehead atoms. The molecule has 0 aliphatic carbocycles. The van der Waals surface area contributed by atoms with E-state index in [0.29, 0.717) is 16.6 Å². The molecule has 0 saturated carbocycles. The molecule has 0 fully saturated rings. The van der Waals surface area contributed by atoms with Crippen LogP contribution in [0.25, 0.3) is 0 Å².